The van der Waals surface area contributed by atoms with Crippen LogP contribution in [0.5, 0.6) is 0 Å². The van der Waals surface area contributed by atoms with Crippen molar-refractivity contribution in [2.24, 2.45) is 0 Å². The van der Waals surface area contributed by atoms with E-state index < -0.39 is 5.54 Å². The Hall–Kier alpha value is -0.740. The first-order valence-corrected chi connectivity index (χ1v) is 17.4. The summed E-state index contributed by atoms with van der Waals surface area (Å²) in [7, 11) is 1.45. The molecule has 0 saturated heterocycles. The molecule has 0 aliphatic heterocycles. The summed E-state index contributed by atoms with van der Waals surface area (Å²) in [5.41, 5.74) is -1.39. The molecule has 0 rings (SSSR count). The Morgan fingerprint density at radius 3 is 0.872 bits per heavy atom. The number of carbonyl (C=O) groups is 2. The molecule has 0 bridgehead atoms. The van der Waals surface area contributed by atoms with Crippen molar-refractivity contribution in [3.8, 4) is 0 Å². The lowest BCUT2D eigenvalue weighted by Crippen LogP contribution is -2.55. The van der Waals surface area contributed by atoms with Crippen molar-refractivity contribution >= 4 is 11.6 Å². The van der Waals surface area contributed by atoms with E-state index in [2.05, 4.69) is 13.8 Å². The summed E-state index contributed by atoms with van der Waals surface area (Å²) < 4.78 is 0. The van der Waals surface area contributed by atoms with E-state index in [0.717, 1.165) is 43.6 Å². The van der Waals surface area contributed by atoms with Gasteiger partial charge in [-0.05, 0) is 19.8 Å². The Labute approximate surface area is 244 Å². The maximum Gasteiger partial charge on any atom is 0.162 e. The van der Waals surface area contributed by atoms with Crippen LogP contribution in [0, 0.1) is 0 Å². The highest BCUT2D eigenvalue weighted by molar-refractivity contribution is 6.10. The molecule has 0 saturated carbocycles. The molecule has 4 nitrogen and oxygen atoms in total. The van der Waals surface area contributed by atoms with Crippen LogP contribution in [0.3, 0.4) is 0 Å². The number of hydroxylamine groups is 2. The van der Waals surface area contributed by atoms with Crippen molar-refractivity contribution in [2.45, 2.75) is 206 Å². The molecule has 0 amide bonds. The third-order valence-corrected chi connectivity index (χ3v) is 8.75. The molecule has 0 spiro atoms. The molecule has 0 aromatic rings. The number of rotatable bonds is 31. The number of ketones is 2. The zero-order valence-corrected chi connectivity index (χ0v) is 27.0. The maximum atomic E-state index is 13.0. The van der Waals surface area contributed by atoms with Gasteiger partial charge in [0.15, 0.2) is 17.1 Å². The van der Waals surface area contributed by atoms with Crippen LogP contribution in [0.25, 0.3) is 0 Å². The van der Waals surface area contributed by atoms with E-state index in [4.69, 9.17) is 0 Å². The summed E-state index contributed by atoms with van der Waals surface area (Å²) in [5.74, 6) is -0.259. The van der Waals surface area contributed by atoms with Crippen LogP contribution in [0.1, 0.15) is 201 Å². The second-order valence-corrected chi connectivity index (χ2v) is 12.4. The van der Waals surface area contributed by atoms with Gasteiger partial charge in [-0.1, -0.05) is 168 Å². The van der Waals surface area contributed by atoms with E-state index in [1.807, 2.05) is 0 Å². The monoisotopic (exact) mass is 552 g/mol. The summed E-state index contributed by atoms with van der Waals surface area (Å²) in [6.45, 7) is 6.14. The highest BCUT2D eigenvalue weighted by Crippen LogP contribution is 2.22. The number of nitrogens with zero attached hydrogens (tertiary/aromatic N) is 1. The molecular weight excluding hydrogens is 482 g/mol. The van der Waals surface area contributed by atoms with Gasteiger partial charge in [-0.3, -0.25) is 9.59 Å². The van der Waals surface area contributed by atoms with Gasteiger partial charge in [0.2, 0.25) is 0 Å². The highest BCUT2D eigenvalue weighted by atomic mass is 16.5. The third-order valence-electron chi connectivity index (χ3n) is 8.75. The second kappa shape index (κ2) is 27.4. The first kappa shape index (κ1) is 38.3. The van der Waals surface area contributed by atoms with E-state index in [9.17, 15) is 14.8 Å². The minimum Gasteiger partial charge on any atom is -0.313 e. The van der Waals surface area contributed by atoms with Gasteiger partial charge in [0, 0.05) is 19.9 Å². The maximum absolute atomic E-state index is 13.0. The lowest BCUT2D eigenvalue weighted by atomic mass is 9.85. The fourth-order valence-corrected chi connectivity index (χ4v) is 5.61. The smallest absolute Gasteiger partial charge is 0.162 e. The van der Waals surface area contributed by atoms with E-state index in [1.165, 1.54) is 135 Å². The van der Waals surface area contributed by atoms with Crippen LogP contribution < -0.4 is 0 Å². The first-order valence-electron chi connectivity index (χ1n) is 17.4. The standard InChI is InChI=1S/C35H69NO3/c1-5-7-9-11-13-15-17-19-21-23-25-27-29-31-33(37)35(3,36(4)39)34(38)32-30-28-26-24-22-20-18-16-14-12-10-8-6-2/h39H,5-32H2,1-4H3. The molecule has 0 fully saturated rings. The minimum absolute atomic E-state index is 0.129. The van der Waals surface area contributed by atoms with Crippen LogP contribution in [-0.2, 0) is 9.59 Å². The summed E-state index contributed by atoms with van der Waals surface area (Å²) >= 11 is 0. The number of hydrogen-bond donors (Lipinski definition) is 1. The molecule has 0 atom stereocenters. The Balaban J connectivity index is 3.87. The molecule has 39 heavy (non-hydrogen) atoms. The highest BCUT2D eigenvalue weighted by Gasteiger charge is 2.42. The molecule has 0 aliphatic rings. The predicted molar refractivity (Wildman–Crippen MR) is 169 cm³/mol. The average molecular weight is 552 g/mol. The van der Waals surface area contributed by atoms with E-state index in [0.29, 0.717) is 12.8 Å². The molecule has 1 N–H and O–H groups in total. The van der Waals surface area contributed by atoms with Crippen molar-refractivity contribution in [1.29, 1.82) is 0 Å². The Bertz CT molecular complexity index is 518. The molecule has 0 aromatic heterocycles. The van der Waals surface area contributed by atoms with Crippen molar-refractivity contribution in [3.05, 3.63) is 0 Å². The quantitative estimate of drug-likeness (QED) is 0.0529. The van der Waals surface area contributed by atoms with Crippen molar-refractivity contribution in [1.82, 2.24) is 5.06 Å². The molecule has 0 heterocycles. The van der Waals surface area contributed by atoms with Gasteiger partial charge >= 0.3 is 0 Å². The lowest BCUT2D eigenvalue weighted by molar-refractivity contribution is -0.175. The van der Waals surface area contributed by atoms with Crippen LogP contribution in [-0.4, -0.2) is 34.4 Å². The fourth-order valence-electron chi connectivity index (χ4n) is 5.61. The molecule has 0 aliphatic carbocycles. The molecule has 232 valence electrons. The van der Waals surface area contributed by atoms with Gasteiger partial charge in [0.05, 0.1) is 0 Å². The van der Waals surface area contributed by atoms with Crippen LogP contribution in [0.2, 0.25) is 0 Å². The van der Waals surface area contributed by atoms with Crippen LogP contribution in [0.4, 0.5) is 0 Å². The largest absolute Gasteiger partial charge is 0.313 e. The normalized spacial score (nSPS) is 11.9. The SMILES string of the molecule is CCCCCCCCCCCCCCCC(=O)C(C)(C(=O)CCCCCCCCCCCCCCC)N(C)O. The first-order chi connectivity index (χ1) is 18.9. The van der Waals surface area contributed by atoms with Crippen molar-refractivity contribution in [2.75, 3.05) is 7.05 Å². The van der Waals surface area contributed by atoms with E-state index >= 15 is 0 Å². The zero-order chi connectivity index (χ0) is 29.0. The summed E-state index contributed by atoms with van der Waals surface area (Å²) in [4.78, 5) is 25.9. The van der Waals surface area contributed by atoms with Gasteiger partial charge in [-0.15, -0.1) is 0 Å². The molecule has 4 heteroatoms. The van der Waals surface area contributed by atoms with Gasteiger partial charge in [-0.2, -0.15) is 5.06 Å². The summed E-state index contributed by atoms with van der Waals surface area (Å²) in [5, 5.41) is 11.1. The second-order valence-electron chi connectivity index (χ2n) is 12.4. The average Bonchev–Trinajstić information content (AvgIpc) is 2.92. The number of Topliss-reactive ketones (excluding diaryl/α,β-unsaturated/α-hetero) is 2. The molecular formula is C35H69NO3. The Morgan fingerprint density at radius 2 is 0.667 bits per heavy atom. The van der Waals surface area contributed by atoms with Crippen LogP contribution in [0.15, 0.2) is 0 Å². The molecule has 0 unspecified atom stereocenters. The fraction of sp³-hybridized carbons (Fsp3) is 0.943. The Kier molecular flexibility index (Phi) is 26.9. The van der Waals surface area contributed by atoms with Crippen molar-refractivity contribution in [3.63, 3.8) is 0 Å². The Morgan fingerprint density at radius 1 is 0.462 bits per heavy atom. The predicted octanol–water partition coefficient (Wildman–Crippen LogP) is 11.2. The van der Waals surface area contributed by atoms with Gasteiger partial charge in [0.1, 0.15) is 0 Å². The molecule has 0 aromatic carbocycles. The summed E-state index contributed by atoms with van der Waals surface area (Å²) in [6, 6.07) is 0. The van der Waals surface area contributed by atoms with Gasteiger partial charge in [0.25, 0.3) is 0 Å². The minimum atomic E-state index is -1.39. The number of unbranched alkanes of at least 4 members (excludes halogenated alkanes) is 24. The van der Waals surface area contributed by atoms with Crippen LogP contribution >= 0.6 is 0 Å². The summed E-state index contributed by atoms with van der Waals surface area (Å²) in [6.07, 6.45) is 33.7. The lowest BCUT2D eigenvalue weighted by Gasteiger charge is -2.31. The number of likely N-dealkylation sites (N-methyl/N-ethyl adjacent to an activating group) is 1. The van der Waals surface area contributed by atoms with E-state index in [1.54, 1.807) is 6.92 Å². The zero-order valence-electron chi connectivity index (χ0n) is 27.0. The topological polar surface area (TPSA) is 57.6 Å². The van der Waals surface area contributed by atoms with Gasteiger partial charge in [-0.25, -0.2) is 0 Å². The third kappa shape index (κ3) is 20.7. The molecule has 0 radical (unpaired) electrons. The number of carbonyl (C=O) groups excluding carboxylic acids is 2. The van der Waals surface area contributed by atoms with Crippen molar-refractivity contribution < 1.29 is 14.8 Å². The van der Waals surface area contributed by atoms with Gasteiger partial charge < -0.3 is 5.21 Å². The van der Waals surface area contributed by atoms with E-state index in [-0.39, 0.29) is 11.6 Å². The number of hydrogen-bond acceptors (Lipinski definition) is 4.